The maximum absolute atomic E-state index is 8.61. The van der Waals surface area contributed by atoms with Crippen LogP contribution < -0.4 is 0 Å². The van der Waals surface area contributed by atoms with E-state index in [4.69, 9.17) is 93.9 Å². The van der Waals surface area contributed by atoms with E-state index in [0.717, 1.165) is 31.9 Å². The molecule has 0 unspecified atom stereocenters. The highest BCUT2D eigenvalue weighted by Gasteiger charge is 2.39. The van der Waals surface area contributed by atoms with E-state index >= 15 is 0 Å². The minimum absolute atomic E-state index is 0.0207. The third kappa shape index (κ3) is 60.3. The molecule has 0 aromatic heterocycles. The Balaban J connectivity index is 3.19. The fourth-order valence-electron chi connectivity index (χ4n) is 5.93. The van der Waals surface area contributed by atoms with E-state index < -0.39 is 25.2 Å². The molecule has 0 atom stereocenters. The van der Waals surface area contributed by atoms with Crippen molar-refractivity contribution in [3.05, 3.63) is 0 Å². The SMILES string of the molecule is C[Si](C)(C)O[Si](C)(CCCCCOCCOCCOCCOCCOCCOCCOCCOCCOCCOCCOCCOCCOCCOCCOCCOCCOCCO)O[Si](C)(C)C. The lowest BCUT2D eigenvalue weighted by Crippen LogP contribution is -2.52. The molecule has 0 aliphatic rings. The standard InChI is InChI=1S/C46H100O20Si3/c1-67(2,3)65-69(7,66-68(4,5)6)46-10-8-9-12-48-14-16-50-18-20-52-22-24-54-26-28-56-30-32-58-34-36-60-38-40-62-42-44-64-45-43-63-41-39-61-37-35-59-33-31-57-29-27-55-25-23-53-21-19-51-17-15-49-13-11-47/h47H,8-46H2,1-7H3. The molecule has 23 heteroatoms. The van der Waals surface area contributed by atoms with Crippen molar-refractivity contribution in [1.29, 1.82) is 0 Å². The summed E-state index contributed by atoms with van der Waals surface area (Å²) in [5.74, 6) is 0. The first kappa shape index (κ1) is 68.9. The first-order valence-corrected chi connectivity index (χ1v) is 34.6. The average Bonchev–Trinajstić information content (AvgIpc) is 3.29. The van der Waals surface area contributed by atoms with E-state index in [9.17, 15) is 0 Å². The first-order chi connectivity index (χ1) is 33.5. The summed E-state index contributed by atoms with van der Waals surface area (Å²) < 4.78 is 107. The Bertz CT molecular complexity index is 989. The monoisotopic (exact) mass is 1060 g/mol. The largest absolute Gasteiger partial charge is 0.437 e. The van der Waals surface area contributed by atoms with Gasteiger partial charge in [-0.2, -0.15) is 0 Å². The molecule has 0 spiro atoms. The van der Waals surface area contributed by atoms with Crippen LogP contribution in [0.3, 0.4) is 0 Å². The molecule has 416 valence electrons. The van der Waals surface area contributed by atoms with Gasteiger partial charge in [-0.05, 0) is 58.3 Å². The highest BCUT2D eigenvalue weighted by molar-refractivity contribution is 6.87. The smallest absolute Gasteiger partial charge is 0.314 e. The average molecular weight is 1060 g/mol. The fourth-order valence-corrected chi connectivity index (χ4v) is 18.5. The minimum atomic E-state index is -2.14. The predicted molar refractivity (Wildman–Crippen MR) is 270 cm³/mol. The predicted octanol–water partition coefficient (Wildman–Crippen LogP) is 4.21. The second kappa shape index (κ2) is 52.7. The van der Waals surface area contributed by atoms with Gasteiger partial charge in [0.15, 0.2) is 16.6 Å². The van der Waals surface area contributed by atoms with Gasteiger partial charge in [0.05, 0.1) is 225 Å². The summed E-state index contributed by atoms with van der Waals surface area (Å²) in [4.78, 5) is 0. The second-order valence-corrected chi connectivity index (χ2v) is 30.4. The number of ether oxygens (including phenoxy) is 17. The Hall–Kier alpha value is -0.149. The van der Waals surface area contributed by atoms with Crippen LogP contribution in [0.25, 0.3) is 0 Å². The lowest BCUT2D eigenvalue weighted by Gasteiger charge is -2.38. The third-order valence-corrected chi connectivity index (χ3v) is 18.3. The normalized spacial score (nSPS) is 12.5. The van der Waals surface area contributed by atoms with Crippen molar-refractivity contribution in [1.82, 2.24) is 0 Å². The Morgan fingerprint density at radius 1 is 0.217 bits per heavy atom. The summed E-state index contributed by atoms with van der Waals surface area (Å²) in [6.07, 6.45) is 3.28. The molecule has 0 heterocycles. The van der Waals surface area contributed by atoms with Crippen molar-refractivity contribution >= 4 is 25.2 Å². The molecule has 69 heavy (non-hydrogen) atoms. The van der Waals surface area contributed by atoms with Crippen LogP contribution in [0.15, 0.2) is 0 Å². The quantitative estimate of drug-likeness (QED) is 0.0672. The van der Waals surface area contributed by atoms with Crippen LogP contribution in [0.4, 0.5) is 0 Å². The molecule has 0 aromatic rings. The topological polar surface area (TPSA) is 196 Å². The van der Waals surface area contributed by atoms with E-state index in [2.05, 4.69) is 45.8 Å². The molecule has 1 N–H and O–H groups in total. The van der Waals surface area contributed by atoms with Crippen LogP contribution >= 0.6 is 0 Å². The number of aliphatic hydroxyl groups excluding tert-OH is 1. The molecule has 0 saturated carbocycles. The highest BCUT2D eigenvalue weighted by Crippen LogP contribution is 2.26. The van der Waals surface area contributed by atoms with Gasteiger partial charge in [0.1, 0.15) is 0 Å². The maximum Gasteiger partial charge on any atom is 0.314 e. The van der Waals surface area contributed by atoms with E-state index in [-0.39, 0.29) is 6.61 Å². The van der Waals surface area contributed by atoms with E-state index in [0.29, 0.717) is 218 Å². The van der Waals surface area contributed by atoms with Crippen LogP contribution in [-0.4, -0.2) is 262 Å². The molecule has 20 nitrogen and oxygen atoms in total. The summed E-state index contributed by atoms with van der Waals surface area (Å²) >= 11 is 0. The molecule has 0 aromatic carbocycles. The molecule has 0 bridgehead atoms. The third-order valence-electron chi connectivity index (χ3n) is 8.65. The van der Waals surface area contributed by atoms with Crippen LogP contribution in [0.2, 0.25) is 51.9 Å². The van der Waals surface area contributed by atoms with Gasteiger partial charge in [-0.15, -0.1) is 0 Å². The Morgan fingerprint density at radius 3 is 0.565 bits per heavy atom. The molecule has 0 fully saturated rings. The van der Waals surface area contributed by atoms with Crippen LogP contribution in [-0.2, 0) is 88.8 Å². The zero-order chi connectivity index (χ0) is 50.5. The number of rotatable bonds is 60. The second-order valence-electron chi connectivity index (χ2n) is 17.5. The van der Waals surface area contributed by atoms with E-state index in [1.165, 1.54) is 0 Å². The summed E-state index contributed by atoms with van der Waals surface area (Å²) in [7, 11) is -5.43. The van der Waals surface area contributed by atoms with Crippen LogP contribution in [0, 0.1) is 0 Å². The van der Waals surface area contributed by atoms with Gasteiger partial charge in [0.25, 0.3) is 0 Å². The van der Waals surface area contributed by atoms with Gasteiger partial charge < -0.3 is 93.9 Å². The van der Waals surface area contributed by atoms with E-state index in [1.54, 1.807) is 0 Å². The summed E-state index contributed by atoms with van der Waals surface area (Å²) in [5.41, 5.74) is 0. The van der Waals surface area contributed by atoms with Crippen molar-refractivity contribution in [2.75, 3.05) is 231 Å². The van der Waals surface area contributed by atoms with Crippen molar-refractivity contribution in [2.24, 2.45) is 0 Å². The van der Waals surface area contributed by atoms with E-state index in [1.807, 2.05) is 0 Å². The minimum Gasteiger partial charge on any atom is -0.437 e. The number of aliphatic hydroxyl groups is 1. The Kier molecular flexibility index (Phi) is 52.6. The number of hydrogen-bond donors (Lipinski definition) is 1. The van der Waals surface area contributed by atoms with Gasteiger partial charge in [-0.25, -0.2) is 0 Å². The van der Waals surface area contributed by atoms with Crippen molar-refractivity contribution in [2.45, 2.75) is 71.1 Å². The maximum atomic E-state index is 8.61. The van der Waals surface area contributed by atoms with Crippen LogP contribution in [0.1, 0.15) is 19.3 Å². The summed E-state index contributed by atoms with van der Waals surface area (Å²) in [6, 6.07) is 1.05. The summed E-state index contributed by atoms with van der Waals surface area (Å²) in [5, 5.41) is 8.61. The molecule has 0 radical (unpaired) electrons. The highest BCUT2D eigenvalue weighted by atomic mass is 28.5. The van der Waals surface area contributed by atoms with Gasteiger partial charge in [-0.3, -0.25) is 0 Å². The van der Waals surface area contributed by atoms with Gasteiger partial charge in [0, 0.05) is 6.61 Å². The van der Waals surface area contributed by atoms with Gasteiger partial charge in [-0.1, -0.05) is 12.8 Å². The molecule has 0 saturated heterocycles. The number of hydrogen-bond acceptors (Lipinski definition) is 20. The fraction of sp³-hybridized carbons (Fsp3) is 1.00. The van der Waals surface area contributed by atoms with Crippen molar-refractivity contribution < 1.29 is 93.9 Å². The van der Waals surface area contributed by atoms with Gasteiger partial charge in [0.2, 0.25) is 0 Å². The zero-order valence-electron chi connectivity index (χ0n) is 44.3. The zero-order valence-corrected chi connectivity index (χ0v) is 47.3. The van der Waals surface area contributed by atoms with Crippen LogP contribution in [0.5, 0.6) is 0 Å². The first-order valence-electron chi connectivity index (χ1n) is 25.3. The molecule has 0 aliphatic carbocycles. The molecule has 0 amide bonds. The van der Waals surface area contributed by atoms with Crippen molar-refractivity contribution in [3.8, 4) is 0 Å². The Morgan fingerprint density at radius 2 is 0.391 bits per heavy atom. The lowest BCUT2D eigenvalue weighted by atomic mass is 10.3. The Labute approximate surface area is 420 Å². The molecular weight excluding hydrogens is 957 g/mol. The summed E-state index contributed by atoms with van der Waals surface area (Å²) in [6.45, 7) is 33.0. The lowest BCUT2D eigenvalue weighted by molar-refractivity contribution is -0.0308. The molecular formula is C46H100O20Si3. The van der Waals surface area contributed by atoms with Gasteiger partial charge >= 0.3 is 8.56 Å². The molecule has 0 rings (SSSR count). The number of unbranched alkanes of at least 4 members (excludes halogenated alkanes) is 2. The molecule has 0 aliphatic heterocycles. The van der Waals surface area contributed by atoms with Crippen molar-refractivity contribution in [3.63, 3.8) is 0 Å².